The summed E-state index contributed by atoms with van der Waals surface area (Å²) < 4.78 is 38.5. The first-order chi connectivity index (χ1) is 12.1. The van der Waals surface area contributed by atoms with Crippen LogP contribution < -0.4 is 5.32 Å². The van der Waals surface area contributed by atoms with Gasteiger partial charge < -0.3 is 5.32 Å². The molecular weight excluding hydrogens is 387 g/mol. The number of alkyl halides is 3. The molecule has 0 aliphatic carbocycles. The van der Waals surface area contributed by atoms with E-state index in [1.165, 1.54) is 30.5 Å². The molecule has 1 aromatic carbocycles. The molecule has 2 heterocycles. The van der Waals surface area contributed by atoms with Gasteiger partial charge in [-0.1, -0.05) is 23.7 Å². The van der Waals surface area contributed by atoms with Crippen LogP contribution in [0.3, 0.4) is 0 Å². The summed E-state index contributed by atoms with van der Waals surface area (Å²) in [7, 11) is 1.45. The quantitative estimate of drug-likeness (QED) is 0.782. The number of hydrogen-bond donors (Lipinski definition) is 2. The maximum absolute atomic E-state index is 12.9. The van der Waals surface area contributed by atoms with Crippen LogP contribution in [0, 0.1) is 5.41 Å². The minimum atomic E-state index is -4.45. The molecule has 1 unspecified atom stereocenters. The maximum atomic E-state index is 12.9. The maximum Gasteiger partial charge on any atom is 0.416 e. The van der Waals surface area contributed by atoms with E-state index in [9.17, 15) is 18.0 Å². The number of benzene rings is 1. The number of nitrogens with one attached hydrogen (secondary N) is 2. The largest absolute Gasteiger partial charge is 0.416 e. The number of carbonyl (C=O) groups excluding carboxylic acids is 1. The van der Waals surface area contributed by atoms with E-state index in [1.54, 1.807) is 18.4 Å². The monoisotopic (exact) mass is 401 g/mol. The van der Waals surface area contributed by atoms with Gasteiger partial charge in [0.1, 0.15) is 0 Å². The highest BCUT2D eigenvalue weighted by molar-refractivity contribution is 7.10. The van der Waals surface area contributed by atoms with Crippen molar-refractivity contribution in [1.29, 1.82) is 5.41 Å². The van der Waals surface area contributed by atoms with Crippen molar-refractivity contribution in [2.75, 3.05) is 7.05 Å². The fourth-order valence-corrected chi connectivity index (χ4v) is 4.55. The summed E-state index contributed by atoms with van der Waals surface area (Å²) in [4.78, 5) is 14.7. The molecule has 1 aliphatic rings. The average Bonchev–Trinajstić information content (AvgIpc) is 2.99. The number of likely N-dealkylation sites (N-methyl/N-ethyl adjacent to an activating group) is 1. The van der Waals surface area contributed by atoms with E-state index in [2.05, 4.69) is 5.32 Å². The number of hydrogen-bond acceptors (Lipinski definition) is 3. The molecule has 3 rings (SSSR count). The molecule has 26 heavy (non-hydrogen) atoms. The van der Waals surface area contributed by atoms with E-state index in [4.69, 9.17) is 17.0 Å². The molecule has 138 valence electrons. The first kappa shape index (κ1) is 18.7. The Hall–Kier alpha value is -2.06. The molecule has 2 atom stereocenters. The molecule has 0 radical (unpaired) electrons. The lowest BCUT2D eigenvalue weighted by Gasteiger charge is -2.45. The first-order valence-corrected chi connectivity index (χ1v) is 8.86. The van der Waals surface area contributed by atoms with Crippen molar-refractivity contribution in [3.8, 4) is 0 Å². The third-order valence-electron chi connectivity index (χ3n) is 4.53. The van der Waals surface area contributed by atoms with Gasteiger partial charge in [0.15, 0.2) is 5.96 Å². The van der Waals surface area contributed by atoms with Crippen LogP contribution in [0.15, 0.2) is 35.7 Å². The molecule has 1 fully saturated rings. The minimum Gasteiger partial charge on any atom is -0.345 e. The van der Waals surface area contributed by atoms with Crippen LogP contribution in [0.25, 0.3) is 0 Å². The van der Waals surface area contributed by atoms with Gasteiger partial charge in [0.2, 0.25) is 5.91 Å². The standard InChI is InChI=1S/C17H15ClF3N3OS/c1-16(13-11(18)7-8-26-13)12(14(25)24(2)15(22)23-16)9-3-5-10(6-4-9)17(19,20)21/h3-8,12H,1-2H3,(H2,22,23)/t12?,16-/m0/s1. The molecule has 1 aromatic heterocycles. The normalized spacial score (nSPS) is 23.9. The number of carbonyl (C=O) groups is 1. The Morgan fingerprint density at radius 3 is 2.38 bits per heavy atom. The van der Waals surface area contributed by atoms with Crippen LogP contribution in [-0.2, 0) is 16.5 Å². The zero-order chi connectivity index (χ0) is 19.3. The molecule has 0 spiro atoms. The van der Waals surface area contributed by atoms with E-state index in [0.717, 1.165) is 17.0 Å². The zero-order valence-corrected chi connectivity index (χ0v) is 15.4. The number of amides is 1. The third kappa shape index (κ3) is 2.97. The number of rotatable bonds is 2. The zero-order valence-electron chi connectivity index (χ0n) is 13.8. The molecule has 1 aliphatic heterocycles. The van der Waals surface area contributed by atoms with Gasteiger partial charge in [-0.3, -0.25) is 15.1 Å². The van der Waals surface area contributed by atoms with Gasteiger partial charge in [-0.05, 0) is 36.1 Å². The topological polar surface area (TPSA) is 56.2 Å². The van der Waals surface area contributed by atoms with Crippen LogP contribution in [0.5, 0.6) is 0 Å². The summed E-state index contributed by atoms with van der Waals surface area (Å²) in [6, 6.07) is 6.20. The summed E-state index contributed by atoms with van der Waals surface area (Å²) in [6.45, 7) is 1.73. The average molecular weight is 402 g/mol. The molecule has 2 N–H and O–H groups in total. The second-order valence-electron chi connectivity index (χ2n) is 6.22. The van der Waals surface area contributed by atoms with Crippen LogP contribution in [0.4, 0.5) is 13.2 Å². The van der Waals surface area contributed by atoms with Crippen LogP contribution in [-0.4, -0.2) is 23.8 Å². The van der Waals surface area contributed by atoms with Crippen LogP contribution in [0.1, 0.15) is 28.8 Å². The Labute approximate surface area is 157 Å². The van der Waals surface area contributed by atoms with Crippen molar-refractivity contribution in [1.82, 2.24) is 10.2 Å². The molecule has 0 saturated carbocycles. The smallest absolute Gasteiger partial charge is 0.345 e. The van der Waals surface area contributed by atoms with Gasteiger partial charge in [0.05, 0.1) is 22.0 Å². The van der Waals surface area contributed by atoms with Crippen molar-refractivity contribution in [2.24, 2.45) is 0 Å². The fraction of sp³-hybridized carbons (Fsp3) is 0.294. The van der Waals surface area contributed by atoms with Crippen molar-refractivity contribution in [2.45, 2.75) is 24.6 Å². The van der Waals surface area contributed by atoms with Crippen LogP contribution >= 0.6 is 22.9 Å². The Bertz CT molecular complexity index is 865. The van der Waals surface area contributed by atoms with E-state index < -0.39 is 23.2 Å². The summed E-state index contributed by atoms with van der Waals surface area (Å²) in [5.74, 6) is -1.31. The van der Waals surface area contributed by atoms with Crippen molar-refractivity contribution in [3.63, 3.8) is 0 Å². The summed E-state index contributed by atoms with van der Waals surface area (Å²) in [5.41, 5.74) is -1.41. The summed E-state index contributed by atoms with van der Waals surface area (Å²) >= 11 is 7.58. The number of nitrogens with zero attached hydrogens (tertiary/aromatic N) is 1. The molecule has 4 nitrogen and oxygen atoms in total. The third-order valence-corrected chi connectivity index (χ3v) is 6.11. The van der Waals surface area contributed by atoms with Crippen molar-refractivity contribution in [3.05, 3.63) is 56.7 Å². The lowest BCUT2D eigenvalue weighted by molar-refractivity contribution is -0.137. The van der Waals surface area contributed by atoms with Crippen molar-refractivity contribution >= 4 is 34.8 Å². The molecular formula is C17H15ClF3N3OS. The Balaban J connectivity index is 2.12. The number of guanidine groups is 1. The van der Waals surface area contributed by atoms with E-state index in [0.29, 0.717) is 15.5 Å². The lowest BCUT2D eigenvalue weighted by Crippen LogP contribution is -2.62. The van der Waals surface area contributed by atoms with Gasteiger partial charge in [0.25, 0.3) is 0 Å². The SMILES string of the molecule is CN1C(=N)N[C@](C)(c2sccc2Cl)C(c2ccc(C(F)(F)F)cc2)C1=O. The van der Waals surface area contributed by atoms with Gasteiger partial charge in [-0.25, -0.2) is 0 Å². The predicted octanol–water partition coefficient (Wildman–Crippen LogP) is 4.42. The lowest BCUT2D eigenvalue weighted by atomic mass is 9.76. The highest BCUT2D eigenvalue weighted by Gasteiger charge is 2.50. The number of halogens is 4. The van der Waals surface area contributed by atoms with Crippen molar-refractivity contribution < 1.29 is 18.0 Å². The molecule has 1 saturated heterocycles. The number of thiophene rings is 1. The Kier molecular flexibility index (Phi) is 4.52. The molecule has 2 aromatic rings. The second-order valence-corrected chi connectivity index (χ2v) is 7.55. The first-order valence-electron chi connectivity index (χ1n) is 7.60. The van der Waals surface area contributed by atoms with Crippen LogP contribution in [0.2, 0.25) is 5.02 Å². The summed E-state index contributed by atoms with van der Waals surface area (Å²) in [5, 5.41) is 13.2. The van der Waals surface area contributed by atoms with E-state index in [-0.39, 0.29) is 11.9 Å². The molecule has 0 bridgehead atoms. The Morgan fingerprint density at radius 2 is 1.88 bits per heavy atom. The highest BCUT2D eigenvalue weighted by Crippen LogP contribution is 2.45. The predicted molar refractivity (Wildman–Crippen MR) is 94.5 cm³/mol. The van der Waals surface area contributed by atoms with Gasteiger partial charge >= 0.3 is 6.18 Å². The molecule has 1 amide bonds. The van der Waals surface area contributed by atoms with Gasteiger partial charge in [-0.15, -0.1) is 11.3 Å². The van der Waals surface area contributed by atoms with Gasteiger partial charge in [-0.2, -0.15) is 13.2 Å². The molecule has 9 heteroatoms. The summed E-state index contributed by atoms with van der Waals surface area (Å²) in [6.07, 6.45) is -4.45. The Morgan fingerprint density at radius 1 is 1.27 bits per heavy atom. The second kappa shape index (κ2) is 6.28. The van der Waals surface area contributed by atoms with E-state index >= 15 is 0 Å². The highest BCUT2D eigenvalue weighted by atomic mass is 35.5. The van der Waals surface area contributed by atoms with E-state index in [1.807, 2.05) is 0 Å². The van der Waals surface area contributed by atoms with Gasteiger partial charge in [0, 0.05) is 11.9 Å². The fourth-order valence-electron chi connectivity index (χ4n) is 3.15. The minimum absolute atomic E-state index is 0.0925.